The number of nitrogens with zero attached hydrogens (tertiary/aromatic N) is 3. The Labute approximate surface area is 184 Å². The molecule has 1 fully saturated rings. The largest absolute Gasteiger partial charge is 0.491 e. The van der Waals surface area contributed by atoms with E-state index < -0.39 is 18.0 Å². The second kappa shape index (κ2) is 9.70. The average molecular weight is 446 g/mol. The van der Waals surface area contributed by atoms with E-state index in [1.807, 2.05) is 30.3 Å². The number of piperidine rings is 1. The number of β-amino-alcohol motifs (C(OH)–C–C–N with tert-alkyl or cyclic N) is 1. The standard InChI is InChI=1S/C23H25F3N4O2/c24-23(25,26)21-7-6-19-20(29-21)8-11-27-22(19)28-16-9-12-30(13-10-16)14-17(31)15-32-18-4-2-1-3-5-18/h1-8,11,16-17,31H,9-10,12-15H2,(H,27,28). The first-order chi connectivity index (χ1) is 15.4. The number of anilines is 1. The smallest absolute Gasteiger partial charge is 0.433 e. The molecule has 1 aromatic carbocycles. The highest BCUT2D eigenvalue weighted by atomic mass is 19.4. The van der Waals surface area contributed by atoms with Gasteiger partial charge in [0.2, 0.25) is 0 Å². The normalized spacial score (nSPS) is 16.8. The van der Waals surface area contributed by atoms with Crippen LogP contribution in [0.1, 0.15) is 18.5 Å². The number of likely N-dealkylation sites (tertiary alicyclic amines) is 1. The summed E-state index contributed by atoms with van der Waals surface area (Å²) < 4.78 is 44.4. The van der Waals surface area contributed by atoms with E-state index >= 15 is 0 Å². The van der Waals surface area contributed by atoms with Crippen LogP contribution in [0, 0.1) is 0 Å². The predicted octanol–water partition coefficient (Wildman–Crippen LogP) is 3.96. The summed E-state index contributed by atoms with van der Waals surface area (Å²) in [4.78, 5) is 10.2. The molecule has 0 radical (unpaired) electrons. The van der Waals surface area contributed by atoms with Crippen LogP contribution >= 0.6 is 0 Å². The number of hydrogen-bond donors (Lipinski definition) is 2. The number of aliphatic hydroxyl groups excluding tert-OH is 1. The van der Waals surface area contributed by atoms with E-state index in [1.165, 1.54) is 18.3 Å². The Bertz CT molecular complexity index is 1020. The number of aromatic nitrogens is 2. The van der Waals surface area contributed by atoms with Crippen LogP contribution in [0.5, 0.6) is 5.75 Å². The zero-order valence-electron chi connectivity index (χ0n) is 17.4. The van der Waals surface area contributed by atoms with Gasteiger partial charge >= 0.3 is 6.18 Å². The molecule has 0 bridgehead atoms. The van der Waals surface area contributed by atoms with E-state index in [-0.39, 0.29) is 18.2 Å². The summed E-state index contributed by atoms with van der Waals surface area (Å²) in [5, 5.41) is 14.2. The number of nitrogens with one attached hydrogen (secondary N) is 1. The van der Waals surface area contributed by atoms with Crippen LogP contribution in [0.3, 0.4) is 0 Å². The number of halogens is 3. The molecule has 3 heterocycles. The molecule has 32 heavy (non-hydrogen) atoms. The minimum absolute atomic E-state index is 0.143. The Kier molecular flexibility index (Phi) is 6.76. The van der Waals surface area contributed by atoms with E-state index in [9.17, 15) is 18.3 Å². The second-order valence-electron chi connectivity index (χ2n) is 7.92. The topological polar surface area (TPSA) is 70.5 Å². The maximum atomic E-state index is 12.9. The van der Waals surface area contributed by atoms with Crippen LogP contribution in [0.4, 0.5) is 19.0 Å². The summed E-state index contributed by atoms with van der Waals surface area (Å²) >= 11 is 0. The number of pyridine rings is 2. The highest BCUT2D eigenvalue weighted by Gasteiger charge is 2.32. The van der Waals surface area contributed by atoms with Gasteiger partial charge in [0, 0.05) is 37.3 Å². The van der Waals surface area contributed by atoms with E-state index in [4.69, 9.17) is 4.74 Å². The van der Waals surface area contributed by atoms with Crippen molar-refractivity contribution < 1.29 is 23.0 Å². The van der Waals surface area contributed by atoms with Crippen LogP contribution in [0.25, 0.3) is 10.9 Å². The molecule has 2 N–H and O–H groups in total. The second-order valence-corrected chi connectivity index (χ2v) is 7.92. The van der Waals surface area contributed by atoms with Crippen molar-refractivity contribution in [2.75, 3.05) is 31.6 Å². The van der Waals surface area contributed by atoms with Crippen LogP contribution < -0.4 is 10.1 Å². The summed E-state index contributed by atoms with van der Waals surface area (Å²) in [6.07, 6.45) is -1.94. The number of benzene rings is 1. The Balaban J connectivity index is 1.29. The highest BCUT2D eigenvalue weighted by molar-refractivity contribution is 5.89. The van der Waals surface area contributed by atoms with E-state index in [1.54, 1.807) is 0 Å². The molecular formula is C23H25F3N4O2. The minimum atomic E-state index is -4.48. The van der Waals surface area contributed by atoms with Gasteiger partial charge in [0.1, 0.15) is 30.0 Å². The zero-order chi connectivity index (χ0) is 22.6. The molecule has 1 unspecified atom stereocenters. The predicted molar refractivity (Wildman–Crippen MR) is 116 cm³/mol. The van der Waals surface area contributed by atoms with Crippen molar-refractivity contribution in [2.24, 2.45) is 0 Å². The van der Waals surface area contributed by atoms with Gasteiger partial charge in [0.05, 0.1) is 5.52 Å². The molecular weight excluding hydrogens is 421 g/mol. The lowest BCUT2D eigenvalue weighted by Gasteiger charge is -2.33. The summed E-state index contributed by atoms with van der Waals surface area (Å²) in [6.45, 7) is 2.34. The third-order valence-electron chi connectivity index (χ3n) is 5.49. The molecule has 0 aliphatic carbocycles. The van der Waals surface area contributed by atoms with Gasteiger partial charge in [0.25, 0.3) is 0 Å². The molecule has 9 heteroatoms. The third-order valence-corrected chi connectivity index (χ3v) is 5.49. The lowest BCUT2D eigenvalue weighted by molar-refractivity contribution is -0.140. The fraction of sp³-hybridized carbons (Fsp3) is 0.391. The first kappa shape index (κ1) is 22.3. The monoisotopic (exact) mass is 446 g/mol. The molecule has 1 saturated heterocycles. The minimum Gasteiger partial charge on any atom is -0.491 e. The van der Waals surface area contributed by atoms with Crippen molar-refractivity contribution in [3.8, 4) is 5.75 Å². The Morgan fingerprint density at radius 3 is 2.56 bits per heavy atom. The van der Waals surface area contributed by atoms with Gasteiger partial charge in [0.15, 0.2) is 0 Å². The third kappa shape index (κ3) is 5.66. The Morgan fingerprint density at radius 2 is 1.84 bits per heavy atom. The average Bonchev–Trinajstić information content (AvgIpc) is 2.79. The fourth-order valence-corrected chi connectivity index (χ4v) is 3.84. The number of alkyl halides is 3. The quantitative estimate of drug-likeness (QED) is 0.573. The summed E-state index contributed by atoms with van der Waals surface area (Å²) in [5.41, 5.74) is -0.651. The number of rotatable bonds is 7. The lowest BCUT2D eigenvalue weighted by atomic mass is 10.0. The van der Waals surface area contributed by atoms with E-state index in [2.05, 4.69) is 20.2 Å². The number of para-hydroxylation sites is 1. The molecule has 0 saturated carbocycles. The Morgan fingerprint density at radius 1 is 1.09 bits per heavy atom. The number of hydrogen-bond acceptors (Lipinski definition) is 6. The maximum Gasteiger partial charge on any atom is 0.433 e. The van der Waals surface area contributed by atoms with Crippen molar-refractivity contribution in [3.63, 3.8) is 0 Å². The fourth-order valence-electron chi connectivity index (χ4n) is 3.84. The lowest BCUT2D eigenvalue weighted by Crippen LogP contribution is -2.43. The first-order valence-electron chi connectivity index (χ1n) is 10.6. The van der Waals surface area contributed by atoms with Crippen LogP contribution in [0.2, 0.25) is 0 Å². The van der Waals surface area contributed by atoms with Crippen molar-refractivity contribution >= 4 is 16.7 Å². The van der Waals surface area contributed by atoms with Gasteiger partial charge in [-0.2, -0.15) is 13.2 Å². The Hall–Kier alpha value is -2.91. The number of fused-ring (bicyclic) bond motifs is 1. The zero-order valence-corrected chi connectivity index (χ0v) is 17.4. The van der Waals surface area contributed by atoms with Crippen LogP contribution in [-0.4, -0.2) is 58.4 Å². The van der Waals surface area contributed by atoms with Gasteiger partial charge < -0.3 is 20.1 Å². The number of ether oxygens (including phenoxy) is 1. The SMILES string of the molecule is OC(COc1ccccc1)CN1CCC(Nc2nccc3nc(C(F)(F)F)ccc23)CC1. The number of aliphatic hydroxyl groups is 1. The molecule has 0 spiro atoms. The molecule has 1 aliphatic heterocycles. The van der Waals surface area contributed by atoms with Crippen molar-refractivity contribution in [2.45, 2.75) is 31.2 Å². The summed E-state index contributed by atoms with van der Waals surface area (Å²) in [5.74, 6) is 1.27. The van der Waals surface area contributed by atoms with Crippen molar-refractivity contribution in [3.05, 3.63) is 60.4 Å². The van der Waals surface area contributed by atoms with Gasteiger partial charge in [-0.25, -0.2) is 9.97 Å². The molecule has 3 aromatic rings. The van der Waals surface area contributed by atoms with Gasteiger partial charge in [-0.15, -0.1) is 0 Å². The molecule has 4 rings (SSSR count). The molecule has 1 atom stereocenters. The summed E-state index contributed by atoms with van der Waals surface area (Å²) in [7, 11) is 0. The van der Waals surface area contributed by atoms with Crippen molar-refractivity contribution in [1.29, 1.82) is 0 Å². The molecule has 2 aromatic heterocycles. The van der Waals surface area contributed by atoms with Crippen molar-refractivity contribution in [1.82, 2.24) is 14.9 Å². The molecule has 170 valence electrons. The van der Waals surface area contributed by atoms with Gasteiger partial charge in [-0.1, -0.05) is 18.2 Å². The maximum absolute atomic E-state index is 12.9. The highest BCUT2D eigenvalue weighted by Crippen LogP contribution is 2.30. The van der Waals surface area contributed by atoms with Gasteiger partial charge in [-0.3, -0.25) is 0 Å². The summed E-state index contributed by atoms with van der Waals surface area (Å²) in [6, 6.07) is 13.4. The van der Waals surface area contributed by atoms with E-state index in [0.717, 1.165) is 37.7 Å². The molecule has 6 nitrogen and oxygen atoms in total. The molecule has 0 amide bonds. The molecule has 1 aliphatic rings. The first-order valence-corrected chi connectivity index (χ1v) is 10.6. The van der Waals surface area contributed by atoms with E-state index in [0.29, 0.717) is 17.7 Å². The van der Waals surface area contributed by atoms with Crippen LogP contribution in [0.15, 0.2) is 54.7 Å². The van der Waals surface area contributed by atoms with Gasteiger partial charge in [-0.05, 0) is 43.2 Å². The van der Waals surface area contributed by atoms with Crippen LogP contribution in [-0.2, 0) is 6.18 Å².